The average Bonchev–Trinajstić information content (AvgIpc) is 2.89. The zero-order valence-corrected chi connectivity index (χ0v) is 15.9. The second kappa shape index (κ2) is 8.98. The number of amides is 1. The van der Waals surface area contributed by atoms with E-state index in [-0.39, 0.29) is 28.1 Å². The lowest BCUT2D eigenvalue weighted by atomic mass is 10.2. The molecule has 1 aromatic rings. The monoisotopic (exact) mass is 388 g/mol. The van der Waals surface area contributed by atoms with Crippen molar-refractivity contribution in [1.29, 1.82) is 0 Å². The number of aliphatic hydroxyl groups is 1. The summed E-state index contributed by atoms with van der Waals surface area (Å²) in [6.07, 6.45) is 4.26. The van der Waals surface area contributed by atoms with Crippen LogP contribution in [0.4, 0.5) is 0 Å². The van der Waals surface area contributed by atoms with E-state index in [1.807, 2.05) is 6.92 Å². The van der Waals surface area contributed by atoms with Crippen molar-refractivity contribution in [2.45, 2.75) is 50.0 Å². The van der Waals surface area contributed by atoms with Gasteiger partial charge < -0.3 is 10.4 Å². The number of nitrogens with one attached hydrogen (secondary N) is 1. The molecule has 25 heavy (non-hydrogen) atoms. The lowest BCUT2D eigenvalue weighted by molar-refractivity contribution is 0.0914. The van der Waals surface area contributed by atoms with Crippen molar-refractivity contribution < 1.29 is 18.3 Å². The van der Waals surface area contributed by atoms with Crippen molar-refractivity contribution in [2.75, 3.05) is 19.7 Å². The van der Waals surface area contributed by atoms with E-state index >= 15 is 0 Å². The van der Waals surface area contributed by atoms with Crippen LogP contribution < -0.4 is 5.32 Å². The average molecular weight is 389 g/mol. The summed E-state index contributed by atoms with van der Waals surface area (Å²) in [5, 5.41) is 12.0. The highest BCUT2D eigenvalue weighted by atomic mass is 35.5. The molecule has 8 heteroatoms. The van der Waals surface area contributed by atoms with Gasteiger partial charge in [-0.3, -0.25) is 4.79 Å². The van der Waals surface area contributed by atoms with Crippen LogP contribution in [-0.4, -0.2) is 49.5 Å². The molecule has 0 radical (unpaired) electrons. The highest BCUT2D eigenvalue weighted by Crippen LogP contribution is 2.27. The molecule has 2 rings (SSSR count). The molecule has 6 nitrogen and oxygen atoms in total. The minimum absolute atomic E-state index is 0.0410. The summed E-state index contributed by atoms with van der Waals surface area (Å²) in [5.41, 5.74) is 0.213. The van der Waals surface area contributed by atoms with Crippen LogP contribution >= 0.6 is 11.6 Å². The summed E-state index contributed by atoms with van der Waals surface area (Å²) in [6.45, 7) is 2.61. The molecule has 0 spiro atoms. The molecule has 1 atom stereocenters. The fourth-order valence-corrected chi connectivity index (χ4v) is 4.83. The molecule has 2 N–H and O–H groups in total. The van der Waals surface area contributed by atoms with Gasteiger partial charge in [0.25, 0.3) is 5.91 Å². The Kier molecular flexibility index (Phi) is 7.25. The van der Waals surface area contributed by atoms with Gasteiger partial charge in [-0.25, -0.2) is 8.42 Å². The maximum Gasteiger partial charge on any atom is 0.251 e. The Balaban J connectivity index is 2.30. The summed E-state index contributed by atoms with van der Waals surface area (Å²) < 4.78 is 27.3. The minimum atomic E-state index is -3.74. The Hall–Kier alpha value is -1.15. The summed E-state index contributed by atoms with van der Waals surface area (Å²) in [4.78, 5) is 12.3. The topological polar surface area (TPSA) is 86.7 Å². The fourth-order valence-electron chi connectivity index (χ4n) is 2.81. The summed E-state index contributed by atoms with van der Waals surface area (Å²) in [7, 11) is -3.74. The second-order valence-corrected chi connectivity index (χ2v) is 8.54. The molecule has 1 aromatic carbocycles. The lowest BCUT2D eigenvalue weighted by Crippen LogP contribution is -2.37. The number of rotatable bonds is 6. The Morgan fingerprint density at radius 3 is 2.48 bits per heavy atom. The SMILES string of the molecule is CCC(CO)NC(=O)c1ccc(Cl)c(S(=O)(=O)N2CCCCCC2)c1. The van der Waals surface area contributed by atoms with Gasteiger partial charge in [-0.15, -0.1) is 0 Å². The van der Waals surface area contributed by atoms with E-state index in [4.69, 9.17) is 11.6 Å². The van der Waals surface area contributed by atoms with Gasteiger partial charge in [0.2, 0.25) is 10.0 Å². The van der Waals surface area contributed by atoms with Crippen LogP contribution in [0, 0.1) is 0 Å². The number of carbonyl (C=O) groups is 1. The van der Waals surface area contributed by atoms with Gasteiger partial charge in [-0.1, -0.05) is 31.4 Å². The van der Waals surface area contributed by atoms with E-state index in [9.17, 15) is 18.3 Å². The van der Waals surface area contributed by atoms with Crippen LogP contribution in [0.5, 0.6) is 0 Å². The summed E-state index contributed by atoms with van der Waals surface area (Å²) in [5.74, 6) is -0.426. The molecular formula is C17H25ClN2O4S. The quantitative estimate of drug-likeness (QED) is 0.783. The lowest BCUT2D eigenvalue weighted by Gasteiger charge is -2.21. The largest absolute Gasteiger partial charge is 0.394 e. The third-order valence-electron chi connectivity index (χ3n) is 4.42. The molecule has 1 aliphatic heterocycles. The Morgan fingerprint density at radius 1 is 1.28 bits per heavy atom. The first-order chi connectivity index (χ1) is 11.9. The number of sulfonamides is 1. The van der Waals surface area contributed by atoms with Crippen molar-refractivity contribution in [3.8, 4) is 0 Å². The molecule has 0 aliphatic carbocycles. The minimum Gasteiger partial charge on any atom is -0.394 e. The zero-order valence-electron chi connectivity index (χ0n) is 14.4. The standard InChI is InChI=1S/C17H25ClN2O4S/c1-2-14(12-21)19-17(22)13-7-8-15(18)16(11-13)25(23,24)20-9-5-3-4-6-10-20/h7-8,11,14,21H,2-6,9-10,12H2,1H3,(H,19,22). The van der Waals surface area contributed by atoms with E-state index in [1.54, 1.807) is 0 Å². The second-order valence-electron chi connectivity index (χ2n) is 6.22. The van der Waals surface area contributed by atoms with Gasteiger partial charge in [0.05, 0.1) is 17.7 Å². The van der Waals surface area contributed by atoms with Crippen molar-refractivity contribution in [2.24, 2.45) is 0 Å². The van der Waals surface area contributed by atoms with Gasteiger partial charge in [0.15, 0.2) is 0 Å². The predicted molar refractivity (Wildman–Crippen MR) is 97.3 cm³/mol. The van der Waals surface area contributed by atoms with Crippen molar-refractivity contribution in [1.82, 2.24) is 9.62 Å². The fraction of sp³-hybridized carbons (Fsp3) is 0.588. The third kappa shape index (κ3) is 4.94. The highest BCUT2D eigenvalue weighted by Gasteiger charge is 2.28. The van der Waals surface area contributed by atoms with E-state index in [2.05, 4.69) is 5.32 Å². The van der Waals surface area contributed by atoms with E-state index < -0.39 is 15.9 Å². The summed E-state index contributed by atoms with van der Waals surface area (Å²) in [6, 6.07) is 3.88. The number of aliphatic hydroxyl groups excluding tert-OH is 1. The number of halogens is 1. The molecular weight excluding hydrogens is 364 g/mol. The Labute approximate surface area is 154 Å². The van der Waals surface area contributed by atoms with E-state index in [1.165, 1.54) is 22.5 Å². The third-order valence-corrected chi connectivity index (χ3v) is 6.80. The molecule has 140 valence electrons. The number of nitrogens with zero attached hydrogens (tertiary/aromatic N) is 1. The molecule has 0 bridgehead atoms. The first-order valence-electron chi connectivity index (χ1n) is 8.61. The molecule has 1 amide bonds. The van der Waals surface area contributed by atoms with Crippen molar-refractivity contribution in [3.63, 3.8) is 0 Å². The molecule has 1 unspecified atom stereocenters. The maximum atomic E-state index is 12.9. The normalized spacial score (nSPS) is 17.7. The number of benzene rings is 1. The van der Waals surface area contributed by atoms with Crippen LogP contribution in [0.15, 0.2) is 23.1 Å². The Morgan fingerprint density at radius 2 is 1.92 bits per heavy atom. The predicted octanol–water partition coefficient (Wildman–Crippen LogP) is 2.41. The van der Waals surface area contributed by atoms with Gasteiger partial charge in [0, 0.05) is 18.7 Å². The number of carbonyl (C=O) groups excluding carboxylic acids is 1. The van der Waals surface area contributed by atoms with E-state index in [0.29, 0.717) is 19.5 Å². The van der Waals surface area contributed by atoms with Gasteiger partial charge in [-0.05, 0) is 37.5 Å². The first kappa shape index (κ1) is 20.2. The summed E-state index contributed by atoms with van der Waals surface area (Å²) >= 11 is 6.13. The number of hydrogen-bond acceptors (Lipinski definition) is 4. The Bertz CT molecular complexity index is 697. The van der Waals surface area contributed by atoms with Crippen molar-refractivity contribution >= 4 is 27.5 Å². The van der Waals surface area contributed by atoms with Gasteiger partial charge in [-0.2, -0.15) is 4.31 Å². The van der Waals surface area contributed by atoms with Crippen LogP contribution in [0.2, 0.25) is 5.02 Å². The first-order valence-corrected chi connectivity index (χ1v) is 10.4. The molecule has 0 aromatic heterocycles. The molecule has 0 saturated carbocycles. The smallest absolute Gasteiger partial charge is 0.251 e. The van der Waals surface area contributed by atoms with Gasteiger partial charge in [0.1, 0.15) is 4.90 Å². The molecule has 1 aliphatic rings. The van der Waals surface area contributed by atoms with Crippen LogP contribution in [-0.2, 0) is 10.0 Å². The number of hydrogen-bond donors (Lipinski definition) is 2. The maximum absolute atomic E-state index is 12.9. The van der Waals surface area contributed by atoms with Crippen LogP contribution in [0.25, 0.3) is 0 Å². The molecule has 1 fully saturated rings. The van der Waals surface area contributed by atoms with Crippen molar-refractivity contribution in [3.05, 3.63) is 28.8 Å². The van der Waals surface area contributed by atoms with E-state index in [0.717, 1.165) is 25.7 Å². The molecule has 1 saturated heterocycles. The highest BCUT2D eigenvalue weighted by molar-refractivity contribution is 7.89. The van der Waals surface area contributed by atoms with Gasteiger partial charge >= 0.3 is 0 Å². The van der Waals surface area contributed by atoms with Crippen LogP contribution in [0.1, 0.15) is 49.4 Å². The zero-order chi connectivity index (χ0) is 18.4. The molecule has 1 heterocycles. The van der Waals surface area contributed by atoms with Crippen LogP contribution in [0.3, 0.4) is 0 Å².